The van der Waals surface area contributed by atoms with Gasteiger partial charge < -0.3 is 11.1 Å². The highest BCUT2D eigenvalue weighted by molar-refractivity contribution is 4.83. The Morgan fingerprint density at radius 2 is 1.75 bits per heavy atom. The average Bonchev–Trinajstić information content (AvgIpc) is 1.90. The smallest absolute Gasteiger partial charge is 0.00450 e. The van der Waals surface area contributed by atoms with Crippen molar-refractivity contribution in [3.63, 3.8) is 0 Å². The lowest BCUT2D eigenvalue weighted by Gasteiger charge is -2.34. The van der Waals surface area contributed by atoms with Gasteiger partial charge in [0.15, 0.2) is 0 Å². The number of rotatable bonds is 4. The number of nitrogens with one attached hydrogen (secondary N) is 1. The molecule has 0 aromatic heterocycles. The van der Waals surface area contributed by atoms with Crippen LogP contribution in [0, 0.1) is 11.8 Å². The Bertz CT molecular complexity index is 137. The van der Waals surface area contributed by atoms with E-state index in [4.69, 9.17) is 5.73 Å². The van der Waals surface area contributed by atoms with Crippen molar-refractivity contribution in [3.05, 3.63) is 0 Å². The van der Waals surface area contributed by atoms with Crippen molar-refractivity contribution in [2.24, 2.45) is 17.6 Å². The van der Waals surface area contributed by atoms with Gasteiger partial charge in [0.25, 0.3) is 0 Å². The fourth-order valence-corrected chi connectivity index (χ4v) is 2.14. The Morgan fingerprint density at radius 3 is 2.25 bits per heavy atom. The van der Waals surface area contributed by atoms with Crippen LogP contribution >= 0.6 is 0 Å². The van der Waals surface area contributed by atoms with Gasteiger partial charge in [-0.15, -0.1) is 0 Å². The molecule has 0 heterocycles. The fourth-order valence-electron chi connectivity index (χ4n) is 2.14. The van der Waals surface area contributed by atoms with Gasteiger partial charge in [0.05, 0.1) is 0 Å². The molecule has 70 valence electrons. The van der Waals surface area contributed by atoms with E-state index in [1.54, 1.807) is 0 Å². The van der Waals surface area contributed by atoms with E-state index >= 15 is 0 Å². The van der Waals surface area contributed by atoms with E-state index in [2.05, 4.69) is 5.32 Å². The van der Waals surface area contributed by atoms with E-state index in [1.165, 1.54) is 45.2 Å². The summed E-state index contributed by atoms with van der Waals surface area (Å²) < 4.78 is 0. The number of hydrogen-bond acceptors (Lipinski definition) is 2. The number of nitrogens with two attached hydrogens (primary N) is 1. The molecule has 2 aliphatic rings. The van der Waals surface area contributed by atoms with Crippen molar-refractivity contribution in [2.75, 3.05) is 13.1 Å². The third-order valence-electron chi connectivity index (χ3n) is 3.36. The summed E-state index contributed by atoms with van der Waals surface area (Å²) in [6, 6.07) is 0.514. The molecule has 2 fully saturated rings. The normalized spacial score (nSPS) is 35.8. The maximum absolute atomic E-state index is 5.71. The molecule has 0 unspecified atom stereocenters. The molecule has 2 aliphatic carbocycles. The van der Waals surface area contributed by atoms with Gasteiger partial charge in [-0.2, -0.15) is 0 Å². The van der Waals surface area contributed by atoms with Crippen molar-refractivity contribution in [1.82, 2.24) is 5.32 Å². The molecule has 2 rings (SSSR count). The Balaban J connectivity index is 1.46. The molecule has 2 nitrogen and oxygen atoms in total. The van der Waals surface area contributed by atoms with Crippen molar-refractivity contribution in [2.45, 2.75) is 38.1 Å². The Morgan fingerprint density at radius 1 is 1.08 bits per heavy atom. The molecule has 0 saturated heterocycles. The Hall–Kier alpha value is -0.0800. The maximum atomic E-state index is 5.71. The molecule has 2 heteroatoms. The Kier molecular flexibility index (Phi) is 2.66. The zero-order chi connectivity index (χ0) is 8.39. The monoisotopic (exact) mass is 168 g/mol. The quantitative estimate of drug-likeness (QED) is 0.660. The summed E-state index contributed by atoms with van der Waals surface area (Å²) in [7, 11) is 0. The molecule has 0 aliphatic heterocycles. The van der Waals surface area contributed by atoms with Crippen LogP contribution in [0.15, 0.2) is 0 Å². The summed E-state index contributed by atoms with van der Waals surface area (Å²) in [6.45, 7) is 2.47. The van der Waals surface area contributed by atoms with Crippen LogP contribution in [0.25, 0.3) is 0 Å². The van der Waals surface area contributed by atoms with Crippen LogP contribution in [-0.2, 0) is 0 Å². The molecule has 0 aromatic rings. The first kappa shape index (κ1) is 8.52. The van der Waals surface area contributed by atoms with Crippen LogP contribution in [0.4, 0.5) is 0 Å². The molecule has 0 spiro atoms. The van der Waals surface area contributed by atoms with Gasteiger partial charge in [-0.1, -0.05) is 6.42 Å². The minimum Gasteiger partial charge on any atom is -0.328 e. The summed E-state index contributed by atoms with van der Waals surface area (Å²) in [5.41, 5.74) is 5.71. The van der Waals surface area contributed by atoms with Crippen molar-refractivity contribution in [3.8, 4) is 0 Å². The zero-order valence-corrected chi connectivity index (χ0v) is 7.76. The first-order valence-corrected chi connectivity index (χ1v) is 5.31. The van der Waals surface area contributed by atoms with Gasteiger partial charge in [-0.3, -0.25) is 0 Å². The molecule has 12 heavy (non-hydrogen) atoms. The van der Waals surface area contributed by atoms with E-state index in [1.807, 2.05) is 0 Å². The summed E-state index contributed by atoms with van der Waals surface area (Å²) in [6.07, 6.45) is 6.87. The fraction of sp³-hybridized carbons (Fsp3) is 1.00. The topological polar surface area (TPSA) is 38.0 Å². The third-order valence-corrected chi connectivity index (χ3v) is 3.36. The molecule has 0 atom stereocenters. The van der Waals surface area contributed by atoms with Crippen molar-refractivity contribution in [1.29, 1.82) is 0 Å². The molecular formula is C10H20N2. The predicted molar refractivity (Wildman–Crippen MR) is 50.9 cm³/mol. The largest absolute Gasteiger partial charge is 0.328 e. The van der Waals surface area contributed by atoms with E-state index in [0.717, 1.165) is 11.8 Å². The summed E-state index contributed by atoms with van der Waals surface area (Å²) >= 11 is 0. The van der Waals surface area contributed by atoms with Crippen LogP contribution in [0.3, 0.4) is 0 Å². The molecule has 0 amide bonds. The highest BCUT2D eigenvalue weighted by Crippen LogP contribution is 2.27. The second-order valence-corrected chi connectivity index (χ2v) is 4.55. The van der Waals surface area contributed by atoms with Crippen LogP contribution in [0.2, 0.25) is 0 Å². The standard InChI is InChI=1S/C10H20N2/c11-10-4-9(5-10)7-12-6-8-2-1-3-8/h8-10,12H,1-7,11H2. The lowest BCUT2D eigenvalue weighted by molar-refractivity contribution is 0.237. The van der Waals surface area contributed by atoms with Crippen LogP contribution in [0.5, 0.6) is 0 Å². The van der Waals surface area contributed by atoms with Crippen LogP contribution < -0.4 is 11.1 Å². The summed E-state index contributed by atoms with van der Waals surface area (Å²) in [4.78, 5) is 0. The molecule has 0 radical (unpaired) electrons. The molecular weight excluding hydrogens is 148 g/mol. The van der Waals surface area contributed by atoms with Crippen molar-refractivity contribution >= 4 is 0 Å². The number of hydrogen-bond donors (Lipinski definition) is 2. The SMILES string of the molecule is NC1CC(CNCC2CCC2)C1. The minimum absolute atomic E-state index is 0.514. The first-order chi connectivity index (χ1) is 5.84. The summed E-state index contributed by atoms with van der Waals surface area (Å²) in [5.74, 6) is 1.89. The Labute approximate surface area is 74.9 Å². The van der Waals surface area contributed by atoms with E-state index in [9.17, 15) is 0 Å². The van der Waals surface area contributed by atoms with E-state index in [-0.39, 0.29) is 0 Å². The van der Waals surface area contributed by atoms with Crippen LogP contribution in [-0.4, -0.2) is 19.1 Å². The minimum atomic E-state index is 0.514. The van der Waals surface area contributed by atoms with Gasteiger partial charge in [0.1, 0.15) is 0 Å². The highest BCUT2D eigenvalue weighted by atomic mass is 14.9. The lowest BCUT2D eigenvalue weighted by Crippen LogP contribution is -2.42. The van der Waals surface area contributed by atoms with E-state index < -0.39 is 0 Å². The summed E-state index contributed by atoms with van der Waals surface area (Å²) in [5, 5.41) is 3.55. The molecule has 0 aromatic carbocycles. The van der Waals surface area contributed by atoms with Gasteiger partial charge in [-0.25, -0.2) is 0 Å². The molecule has 3 N–H and O–H groups in total. The molecule has 2 saturated carbocycles. The third kappa shape index (κ3) is 1.99. The van der Waals surface area contributed by atoms with Gasteiger partial charge in [0.2, 0.25) is 0 Å². The molecule has 0 bridgehead atoms. The highest BCUT2D eigenvalue weighted by Gasteiger charge is 2.25. The van der Waals surface area contributed by atoms with Gasteiger partial charge >= 0.3 is 0 Å². The second kappa shape index (κ2) is 3.75. The van der Waals surface area contributed by atoms with Gasteiger partial charge in [-0.05, 0) is 50.6 Å². The first-order valence-electron chi connectivity index (χ1n) is 5.31. The lowest BCUT2D eigenvalue weighted by atomic mass is 9.80. The average molecular weight is 168 g/mol. The van der Waals surface area contributed by atoms with Crippen molar-refractivity contribution < 1.29 is 0 Å². The van der Waals surface area contributed by atoms with E-state index in [0.29, 0.717) is 6.04 Å². The second-order valence-electron chi connectivity index (χ2n) is 4.55. The predicted octanol–water partition coefficient (Wildman–Crippen LogP) is 1.11. The van der Waals surface area contributed by atoms with Crippen LogP contribution in [0.1, 0.15) is 32.1 Å². The maximum Gasteiger partial charge on any atom is 0.00450 e. The van der Waals surface area contributed by atoms with Gasteiger partial charge in [0, 0.05) is 6.04 Å². The zero-order valence-electron chi connectivity index (χ0n) is 7.76.